The van der Waals surface area contributed by atoms with Crippen molar-refractivity contribution < 1.29 is 13.7 Å². The van der Waals surface area contributed by atoms with Gasteiger partial charge in [0, 0.05) is 11.8 Å². The zero-order chi connectivity index (χ0) is 14.5. The number of methoxy groups -OCH3 is 2. The number of aromatic nitrogens is 1. The first-order valence-electron chi connectivity index (χ1n) is 5.98. The summed E-state index contributed by atoms with van der Waals surface area (Å²) >= 11 is 0. The van der Waals surface area contributed by atoms with Crippen molar-refractivity contribution in [1.82, 2.24) is 4.98 Å². The number of nitrogens with one attached hydrogen (secondary N) is 1. The second kappa shape index (κ2) is 6.38. The van der Waals surface area contributed by atoms with Crippen LogP contribution >= 0.6 is 0 Å². The third-order valence-corrected chi connectivity index (χ3v) is 3.92. The summed E-state index contributed by atoms with van der Waals surface area (Å²) in [6, 6.07) is 8.86. The molecule has 0 aliphatic rings. The van der Waals surface area contributed by atoms with E-state index in [0.717, 1.165) is 5.56 Å². The molecule has 0 aliphatic heterocycles. The van der Waals surface area contributed by atoms with Gasteiger partial charge in [-0.3, -0.25) is 4.72 Å². The van der Waals surface area contributed by atoms with Crippen molar-refractivity contribution in [2.45, 2.75) is 11.8 Å². The number of benzene rings is 1. The molecule has 20 heavy (non-hydrogen) atoms. The van der Waals surface area contributed by atoms with Crippen molar-refractivity contribution in [2.24, 2.45) is 0 Å². The van der Waals surface area contributed by atoms with E-state index < -0.39 is 11.0 Å². The van der Waals surface area contributed by atoms with Gasteiger partial charge < -0.3 is 9.47 Å². The molecule has 0 aliphatic carbocycles. The maximum absolute atomic E-state index is 12.4. The van der Waals surface area contributed by atoms with Gasteiger partial charge in [0.2, 0.25) is 0 Å². The van der Waals surface area contributed by atoms with E-state index in [2.05, 4.69) is 9.71 Å². The largest absolute Gasteiger partial charge is 0.496 e. The molecule has 1 atom stereocenters. The Kier molecular flexibility index (Phi) is 4.57. The number of hydrogen-bond donors (Lipinski definition) is 1. The molecule has 0 amide bonds. The molecule has 0 fully saturated rings. The fourth-order valence-corrected chi connectivity index (χ4v) is 2.86. The molecule has 1 aromatic heterocycles. The number of pyridine rings is 1. The molecule has 0 saturated carbocycles. The Morgan fingerprint density at radius 2 is 1.95 bits per heavy atom. The van der Waals surface area contributed by atoms with Crippen LogP contribution in [0, 0.1) is 6.92 Å². The molecule has 0 radical (unpaired) electrons. The Morgan fingerprint density at radius 1 is 1.15 bits per heavy atom. The molecule has 0 saturated heterocycles. The maximum Gasteiger partial charge on any atom is 0.155 e. The monoisotopic (exact) mass is 292 g/mol. The quantitative estimate of drug-likeness (QED) is 0.920. The van der Waals surface area contributed by atoms with Gasteiger partial charge in [0.25, 0.3) is 0 Å². The van der Waals surface area contributed by atoms with E-state index in [1.807, 2.05) is 13.0 Å². The van der Waals surface area contributed by atoms with Crippen LogP contribution in [-0.4, -0.2) is 23.4 Å². The van der Waals surface area contributed by atoms with Crippen LogP contribution in [0.2, 0.25) is 0 Å². The average molecular weight is 292 g/mol. The average Bonchev–Trinajstić information content (AvgIpc) is 2.47. The lowest BCUT2D eigenvalue weighted by Gasteiger charge is -2.14. The van der Waals surface area contributed by atoms with Crippen LogP contribution in [0.3, 0.4) is 0 Å². The molecule has 0 spiro atoms. The summed E-state index contributed by atoms with van der Waals surface area (Å²) in [4.78, 5) is 4.64. The molecule has 6 heteroatoms. The van der Waals surface area contributed by atoms with Gasteiger partial charge in [0.05, 0.1) is 14.2 Å². The SMILES string of the molecule is COc1ccc(S(=O)Nc2ccccn2)c(OC)c1C. The first-order valence-corrected chi connectivity index (χ1v) is 7.13. The van der Waals surface area contributed by atoms with Gasteiger partial charge in [-0.2, -0.15) is 0 Å². The molecule has 0 bridgehead atoms. The second-order valence-corrected chi connectivity index (χ2v) is 5.19. The van der Waals surface area contributed by atoms with Crippen molar-refractivity contribution in [1.29, 1.82) is 0 Å². The Labute approximate surface area is 120 Å². The Morgan fingerprint density at radius 3 is 2.55 bits per heavy atom. The maximum atomic E-state index is 12.4. The van der Waals surface area contributed by atoms with Gasteiger partial charge in [-0.25, -0.2) is 9.19 Å². The van der Waals surface area contributed by atoms with Gasteiger partial charge in [-0.1, -0.05) is 6.07 Å². The number of ether oxygens (including phenoxy) is 2. The van der Waals surface area contributed by atoms with Crippen molar-refractivity contribution in [3.05, 3.63) is 42.1 Å². The van der Waals surface area contributed by atoms with Gasteiger partial charge in [-0.15, -0.1) is 0 Å². The molecule has 1 unspecified atom stereocenters. The van der Waals surface area contributed by atoms with Crippen LogP contribution in [0.25, 0.3) is 0 Å². The Balaban J connectivity index is 2.33. The van der Waals surface area contributed by atoms with Crippen molar-refractivity contribution in [2.75, 3.05) is 18.9 Å². The topological polar surface area (TPSA) is 60.5 Å². The molecule has 2 rings (SSSR count). The zero-order valence-electron chi connectivity index (χ0n) is 11.5. The van der Waals surface area contributed by atoms with Crippen molar-refractivity contribution in [3.8, 4) is 11.5 Å². The van der Waals surface area contributed by atoms with E-state index in [-0.39, 0.29) is 0 Å². The molecule has 106 valence electrons. The zero-order valence-corrected chi connectivity index (χ0v) is 12.4. The van der Waals surface area contributed by atoms with E-state index in [1.165, 1.54) is 0 Å². The lowest BCUT2D eigenvalue weighted by molar-refractivity contribution is 0.381. The molecule has 1 heterocycles. The van der Waals surface area contributed by atoms with Gasteiger partial charge in [-0.05, 0) is 31.2 Å². The Hall–Kier alpha value is -2.08. The minimum Gasteiger partial charge on any atom is -0.496 e. The van der Waals surface area contributed by atoms with E-state index in [0.29, 0.717) is 22.2 Å². The lowest BCUT2D eigenvalue weighted by Crippen LogP contribution is -2.08. The van der Waals surface area contributed by atoms with Gasteiger partial charge in [0.1, 0.15) is 22.2 Å². The van der Waals surface area contributed by atoms with Crippen LogP contribution in [0.15, 0.2) is 41.4 Å². The normalized spacial score (nSPS) is 11.8. The predicted octanol–water partition coefficient (Wildman–Crippen LogP) is 2.54. The van der Waals surface area contributed by atoms with Crippen LogP contribution < -0.4 is 14.2 Å². The lowest BCUT2D eigenvalue weighted by atomic mass is 10.2. The third-order valence-electron chi connectivity index (χ3n) is 2.81. The Bertz CT molecular complexity index is 617. The minimum absolute atomic E-state index is 0.543. The molecular formula is C14H16N2O3S. The van der Waals surface area contributed by atoms with Crippen LogP contribution in [-0.2, 0) is 11.0 Å². The third kappa shape index (κ3) is 2.91. The first-order chi connectivity index (χ1) is 9.67. The highest BCUT2D eigenvalue weighted by Crippen LogP contribution is 2.33. The number of anilines is 1. The summed E-state index contributed by atoms with van der Waals surface area (Å²) in [6.07, 6.45) is 1.63. The van der Waals surface area contributed by atoms with Crippen molar-refractivity contribution >= 4 is 16.8 Å². The van der Waals surface area contributed by atoms with E-state index in [1.54, 1.807) is 44.7 Å². The molecular weight excluding hydrogens is 276 g/mol. The highest BCUT2D eigenvalue weighted by molar-refractivity contribution is 7.86. The summed E-state index contributed by atoms with van der Waals surface area (Å²) in [5, 5.41) is 0. The molecule has 2 aromatic rings. The van der Waals surface area contributed by atoms with E-state index >= 15 is 0 Å². The summed E-state index contributed by atoms with van der Waals surface area (Å²) in [7, 11) is 1.67. The number of rotatable bonds is 5. The molecule has 1 N–H and O–H groups in total. The van der Waals surface area contributed by atoms with Crippen LogP contribution in [0.4, 0.5) is 5.82 Å². The van der Waals surface area contributed by atoms with E-state index in [4.69, 9.17) is 9.47 Å². The summed E-state index contributed by atoms with van der Waals surface area (Å²) in [6.45, 7) is 1.86. The minimum atomic E-state index is -1.46. The summed E-state index contributed by atoms with van der Waals surface area (Å²) in [5.74, 6) is 1.79. The van der Waals surface area contributed by atoms with E-state index in [9.17, 15) is 4.21 Å². The van der Waals surface area contributed by atoms with Crippen LogP contribution in [0.1, 0.15) is 5.56 Å². The molecule has 5 nitrogen and oxygen atoms in total. The standard InChI is InChI=1S/C14H16N2O3S/c1-10-11(18-2)7-8-12(14(10)19-3)20(17)16-13-6-4-5-9-15-13/h4-9H,1-3H3,(H,15,16). The van der Waals surface area contributed by atoms with Gasteiger partial charge >= 0.3 is 0 Å². The number of hydrogen-bond acceptors (Lipinski definition) is 4. The highest BCUT2D eigenvalue weighted by Gasteiger charge is 2.16. The van der Waals surface area contributed by atoms with Crippen molar-refractivity contribution in [3.63, 3.8) is 0 Å². The smallest absolute Gasteiger partial charge is 0.155 e. The summed E-state index contributed by atoms with van der Waals surface area (Å²) < 4.78 is 25.8. The van der Waals surface area contributed by atoms with Crippen LogP contribution in [0.5, 0.6) is 11.5 Å². The molecule has 1 aromatic carbocycles. The fraction of sp³-hybridized carbons (Fsp3) is 0.214. The van der Waals surface area contributed by atoms with Gasteiger partial charge in [0.15, 0.2) is 11.0 Å². The fourth-order valence-electron chi connectivity index (χ4n) is 1.84. The highest BCUT2D eigenvalue weighted by atomic mass is 32.2. The number of nitrogens with zero attached hydrogens (tertiary/aromatic N) is 1. The summed E-state index contributed by atoms with van der Waals surface area (Å²) in [5.41, 5.74) is 0.809. The first kappa shape index (κ1) is 14.3. The predicted molar refractivity (Wildman–Crippen MR) is 78.6 cm³/mol. The second-order valence-electron chi connectivity index (χ2n) is 4.01.